The first-order valence-corrected chi connectivity index (χ1v) is 5.41. The molecule has 0 aromatic heterocycles. The summed E-state index contributed by atoms with van der Waals surface area (Å²) in [5, 5.41) is -0.960. The van der Waals surface area contributed by atoms with Gasteiger partial charge in [-0.15, -0.1) is 0 Å². The van der Waals surface area contributed by atoms with Crippen molar-refractivity contribution in [2.45, 2.75) is 25.9 Å². The standard InChI is InChI=1S/C12H12ClF3O/c1-11(10(13)17,8-12(14,15)16)7-9-5-3-2-4-6-9/h2-6H,7-8H2,1H3. The summed E-state index contributed by atoms with van der Waals surface area (Å²) >= 11 is 5.30. The van der Waals surface area contributed by atoms with E-state index >= 15 is 0 Å². The summed E-state index contributed by atoms with van der Waals surface area (Å²) in [6, 6.07) is 8.53. The van der Waals surface area contributed by atoms with E-state index in [0.29, 0.717) is 5.56 Å². The Labute approximate surface area is 103 Å². The molecule has 0 radical (unpaired) electrons. The van der Waals surface area contributed by atoms with Crippen LogP contribution in [0.3, 0.4) is 0 Å². The molecule has 0 saturated heterocycles. The van der Waals surface area contributed by atoms with Gasteiger partial charge in [0.15, 0.2) is 0 Å². The molecule has 1 atom stereocenters. The van der Waals surface area contributed by atoms with E-state index in [2.05, 4.69) is 0 Å². The maximum absolute atomic E-state index is 12.4. The minimum Gasteiger partial charge on any atom is -0.281 e. The van der Waals surface area contributed by atoms with E-state index in [-0.39, 0.29) is 6.42 Å². The molecule has 1 nitrogen and oxygen atoms in total. The van der Waals surface area contributed by atoms with Gasteiger partial charge in [0, 0.05) is 0 Å². The Kier molecular flexibility index (Phi) is 4.20. The molecule has 1 unspecified atom stereocenters. The Balaban J connectivity index is 2.90. The third-order valence-corrected chi connectivity index (χ3v) is 2.96. The van der Waals surface area contributed by atoms with Crippen LogP contribution in [0.25, 0.3) is 0 Å². The van der Waals surface area contributed by atoms with Crippen LogP contribution in [0.1, 0.15) is 18.9 Å². The third-order valence-electron chi connectivity index (χ3n) is 2.50. The van der Waals surface area contributed by atoms with E-state index in [1.807, 2.05) is 0 Å². The molecule has 0 N–H and O–H groups in total. The molecule has 1 aromatic rings. The van der Waals surface area contributed by atoms with Crippen molar-refractivity contribution in [2.24, 2.45) is 5.41 Å². The van der Waals surface area contributed by atoms with E-state index in [1.54, 1.807) is 30.3 Å². The summed E-state index contributed by atoms with van der Waals surface area (Å²) in [4.78, 5) is 11.2. The highest BCUT2D eigenvalue weighted by Crippen LogP contribution is 2.37. The van der Waals surface area contributed by atoms with Gasteiger partial charge in [-0.05, 0) is 23.6 Å². The molecule has 1 aromatic carbocycles. The van der Waals surface area contributed by atoms with Crippen LogP contribution in [0.2, 0.25) is 0 Å². The number of alkyl halides is 3. The molecule has 0 aliphatic carbocycles. The van der Waals surface area contributed by atoms with E-state index in [4.69, 9.17) is 11.6 Å². The monoisotopic (exact) mass is 264 g/mol. The highest BCUT2D eigenvalue weighted by Gasteiger charge is 2.43. The van der Waals surface area contributed by atoms with E-state index < -0.39 is 23.3 Å². The normalized spacial score (nSPS) is 15.4. The molecule has 0 aliphatic rings. The Morgan fingerprint density at radius 3 is 2.18 bits per heavy atom. The summed E-state index contributed by atoms with van der Waals surface area (Å²) in [6.07, 6.45) is -5.64. The average molecular weight is 265 g/mol. The molecule has 0 saturated carbocycles. The van der Waals surface area contributed by atoms with Gasteiger partial charge in [0.25, 0.3) is 0 Å². The van der Waals surface area contributed by atoms with E-state index in [9.17, 15) is 18.0 Å². The highest BCUT2D eigenvalue weighted by atomic mass is 35.5. The molecule has 0 aliphatic heterocycles. The van der Waals surface area contributed by atoms with Crippen LogP contribution in [-0.2, 0) is 11.2 Å². The lowest BCUT2D eigenvalue weighted by molar-refractivity contribution is -0.161. The lowest BCUT2D eigenvalue weighted by atomic mass is 9.81. The second-order valence-electron chi connectivity index (χ2n) is 4.29. The number of hydrogen-bond donors (Lipinski definition) is 0. The van der Waals surface area contributed by atoms with Gasteiger partial charge in [-0.3, -0.25) is 4.79 Å². The number of rotatable bonds is 4. The predicted octanol–water partition coefficient (Wildman–Crippen LogP) is 3.95. The van der Waals surface area contributed by atoms with Crippen LogP contribution in [0.4, 0.5) is 13.2 Å². The van der Waals surface area contributed by atoms with Crippen LogP contribution in [0, 0.1) is 5.41 Å². The fraction of sp³-hybridized carbons (Fsp3) is 0.417. The van der Waals surface area contributed by atoms with Gasteiger partial charge in [0.2, 0.25) is 5.24 Å². The lowest BCUT2D eigenvalue weighted by Crippen LogP contribution is -2.32. The van der Waals surface area contributed by atoms with Crippen molar-refractivity contribution in [3.8, 4) is 0 Å². The van der Waals surface area contributed by atoms with Crippen molar-refractivity contribution in [2.75, 3.05) is 0 Å². The molecular weight excluding hydrogens is 253 g/mol. The van der Waals surface area contributed by atoms with Gasteiger partial charge >= 0.3 is 6.18 Å². The molecular formula is C12H12ClF3O. The van der Waals surface area contributed by atoms with Crippen LogP contribution in [0.15, 0.2) is 30.3 Å². The van der Waals surface area contributed by atoms with Crippen molar-refractivity contribution in [3.05, 3.63) is 35.9 Å². The Bertz CT molecular complexity index is 388. The number of hydrogen-bond acceptors (Lipinski definition) is 1. The maximum Gasteiger partial charge on any atom is 0.390 e. The molecule has 1 rings (SSSR count). The van der Waals surface area contributed by atoms with E-state index in [1.165, 1.54) is 6.92 Å². The third kappa shape index (κ3) is 4.38. The van der Waals surface area contributed by atoms with Gasteiger partial charge in [0.05, 0.1) is 11.8 Å². The zero-order chi connectivity index (χ0) is 13.1. The average Bonchev–Trinajstić information content (AvgIpc) is 2.15. The zero-order valence-corrected chi connectivity index (χ0v) is 9.98. The fourth-order valence-corrected chi connectivity index (χ4v) is 1.82. The first kappa shape index (κ1) is 14.0. The van der Waals surface area contributed by atoms with Gasteiger partial charge in [0.1, 0.15) is 0 Å². The molecule has 0 heterocycles. The molecule has 0 amide bonds. The van der Waals surface area contributed by atoms with Crippen molar-refractivity contribution in [1.29, 1.82) is 0 Å². The first-order chi connectivity index (χ1) is 7.73. The van der Waals surface area contributed by atoms with Gasteiger partial charge in [-0.25, -0.2) is 0 Å². The predicted molar refractivity (Wildman–Crippen MR) is 59.8 cm³/mol. The Morgan fingerprint density at radius 2 is 1.76 bits per heavy atom. The summed E-state index contributed by atoms with van der Waals surface area (Å²) in [7, 11) is 0. The largest absolute Gasteiger partial charge is 0.390 e. The number of carbonyl (C=O) groups excluding carboxylic acids is 1. The van der Waals surface area contributed by atoms with Gasteiger partial charge in [-0.2, -0.15) is 13.2 Å². The Hall–Kier alpha value is -1.03. The van der Waals surface area contributed by atoms with Gasteiger partial charge < -0.3 is 0 Å². The van der Waals surface area contributed by atoms with Crippen LogP contribution < -0.4 is 0 Å². The van der Waals surface area contributed by atoms with Crippen LogP contribution >= 0.6 is 11.6 Å². The van der Waals surface area contributed by atoms with Crippen molar-refractivity contribution >= 4 is 16.8 Å². The summed E-state index contributed by atoms with van der Waals surface area (Å²) in [5.41, 5.74) is -0.950. The highest BCUT2D eigenvalue weighted by molar-refractivity contribution is 6.64. The molecule has 94 valence electrons. The Morgan fingerprint density at radius 1 is 1.24 bits per heavy atom. The lowest BCUT2D eigenvalue weighted by Gasteiger charge is -2.26. The second-order valence-corrected chi connectivity index (χ2v) is 4.63. The molecule has 0 bridgehead atoms. The smallest absolute Gasteiger partial charge is 0.281 e. The number of halogens is 4. The zero-order valence-electron chi connectivity index (χ0n) is 9.22. The summed E-state index contributed by atoms with van der Waals surface area (Å²) < 4.78 is 37.2. The second kappa shape index (κ2) is 5.08. The quantitative estimate of drug-likeness (QED) is 0.753. The number of benzene rings is 1. The van der Waals surface area contributed by atoms with E-state index in [0.717, 1.165) is 0 Å². The molecule has 17 heavy (non-hydrogen) atoms. The fourth-order valence-electron chi connectivity index (χ4n) is 1.69. The summed E-state index contributed by atoms with van der Waals surface area (Å²) in [6.45, 7) is 1.24. The minimum absolute atomic E-state index is 0.0182. The topological polar surface area (TPSA) is 17.1 Å². The van der Waals surface area contributed by atoms with Gasteiger partial charge in [-0.1, -0.05) is 37.3 Å². The van der Waals surface area contributed by atoms with Crippen molar-refractivity contribution in [1.82, 2.24) is 0 Å². The molecule has 5 heteroatoms. The van der Waals surface area contributed by atoms with Crippen molar-refractivity contribution < 1.29 is 18.0 Å². The molecule has 0 spiro atoms. The van der Waals surface area contributed by atoms with Crippen LogP contribution in [-0.4, -0.2) is 11.4 Å². The van der Waals surface area contributed by atoms with Crippen LogP contribution in [0.5, 0.6) is 0 Å². The minimum atomic E-state index is -4.41. The van der Waals surface area contributed by atoms with Crippen molar-refractivity contribution in [3.63, 3.8) is 0 Å². The SMILES string of the molecule is CC(Cc1ccccc1)(CC(F)(F)F)C(=O)Cl. The maximum atomic E-state index is 12.4. The number of carbonyl (C=O) groups is 1. The summed E-state index contributed by atoms with van der Waals surface area (Å²) in [5.74, 6) is 0. The first-order valence-electron chi connectivity index (χ1n) is 5.03. The molecule has 0 fully saturated rings.